The van der Waals surface area contributed by atoms with Gasteiger partial charge in [-0.1, -0.05) is 6.92 Å². The summed E-state index contributed by atoms with van der Waals surface area (Å²) < 4.78 is 13.0. The number of hydrogen-bond acceptors (Lipinski definition) is 2. The molecule has 1 unspecified atom stereocenters. The second-order valence-electron chi connectivity index (χ2n) is 3.79. The van der Waals surface area contributed by atoms with E-state index in [2.05, 4.69) is 5.32 Å². The highest BCUT2D eigenvalue weighted by Gasteiger charge is 2.14. The number of rotatable bonds is 4. The highest BCUT2D eigenvalue weighted by molar-refractivity contribution is 5.97. The normalized spacial score (nSPS) is 12.5. The van der Waals surface area contributed by atoms with Gasteiger partial charge in [-0.2, -0.15) is 0 Å². The fraction of sp³-hybridized carbons (Fsp3) is 0.417. The second-order valence-corrected chi connectivity index (χ2v) is 3.79. The Morgan fingerprint density at radius 3 is 2.73 bits per heavy atom. The van der Waals surface area contributed by atoms with E-state index in [1.807, 2.05) is 6.92 Å². The third-order valence-electron chi connectivity index (χ3n) is 2.40. The maximum absolute atomic E-state index is 13.0. The zero-order valence-corrected chi connectivity index (χ0v) is 9.30. The number of carbonyl (C=O) groups excluding carboxylic acids is 1. The summed E-state index contributed by atoms with van der Waals surface area (Å²) in [4.78, 5) is 11.8. The summed E-state index contributed by atoms with van der Waals surface area (Å²) in [7, 11) is 1.81. The standard InChI is InChI=1S/C12H16FNO/c1-8-6-10(4-5-11(8)13)12(15)9(2)7-14-3/h4-6,9,14H,7H2,1-3H3. The molecule has 0 aliphatic carbocycles. The average Bonchev–Trinajstić information content (AvgIpc) is 2.21. The van der Waals surface area contributed by atoms with Crippen LogP contribution < -0.4 is 5.32 Å². The van der Waals surface area contributed by atoms with E-state index in [4.69, 9.17) is 0 Å². The first kappa shape index (κ1) is 11.9. The van der Waals surface area contributed by atoms with Crippen LogP contribution >= 0.6 is 0 Å². The van der Waals surface area contributed by atoms with Gasteiger partial charge in [-0.3, -0.25) is 4.79 Å². The smallest absolute Gasteiger partial charge is 0.166 e. The van der Waals surface area contributed by atoms with E-state index in [0.29, 0.717) is 17.7 Å². The summed E-state index contributed by atoms with van der Waals surface area (Å²) in [6.45, 7) is 4.15. The number of Topliss-reactive ketones (excluding diaryl/α,β-unsaturated/α-hetero) is 1. The maximum Gasteiger partial charge on any atom is 0.166 e. The Bertz CT molecular complexity index is 363. The van der Waals surface area contributed by atoms with Gasteiger partial charge in [-0.25, -0.2) is 4.39 Å². The first-order chi connectivity index (χ1) is 7.06. The van der Waals surface area contributed by atoms with E-state index >= 15 is 0 Å². The third kappa shape index (κ3) is 2.86. The number of ketones is 1. The minimum atomic E-state index is -0.271. The Kier molecular flexibility index (Phi) is 3.97. The van der Waals surface area contributed by atoms with Crippen molar-refractivity contribution in [1.29, 1.82) is 0 Å². The number of hydrogen-bond donors (Lipinski definition) is 1. The van der Waals surface area contributed by atoms with Gasteiger partial charge in [0.15, 0.2) is 5.78 Å². The Hall–Kier alpha value is -1.22. The Morgan fingerprint density at radius 2 is 2.20 bits per heavy atom. The second kappa shape index (κ2) is 5.03. The van der Waals surface area contributed by atoms with Crippen LogP contribution in [0.5, 0.6) is 0 Å². The van der Waals surface area contributed by atoms with Crippen molar-refractivity contribution in [1.82, 2.24) is 5.32 Å². The molecule has 3 heteroatoms. The van der Waals surface area contributed by atoms with Crippen LogP contribution in [0.25, 0.3) is 0 Å². The number of nitrogens with one attached hydrogen (secondary N) is 1. The van der Waals surface area contributed by atoms with E-state index in [1.54, 1.807) is 20.0 Å². The van der Waals surface area contributed by atoms with Crippen molar-refractivity contribution in [3.8, 4) is 0 Å². The van der Waals surface area contributed by atoms with Gasteiger partial charge in [0.1, 0.15) is 5.82 Å². The molecule has 0 aromatic heterocycles. The first-order valence-electron chi connectivity index (χ1n) is 5.01. The quantitative estimate of drug-likeness (QED) is 0.770. The molecule has 0 saturated carbocycles. The minimum Gasteiger partial charge on any atom is -0.319 e. The van der Waals surface area contributed by atoms with Crippen molar-refractivity contribution in [2.45, 2.75) is 13.8 Å². The van der Waals surface area contributed by atoms with Gasteiger partial charge in [0, 0.05) is 18.0 Å². The highest BCUT2D eigenvalue weighted by atomic mass is 19.1. The molecular formula is C12H16FNO. The predicted octanol–water partition coefficient (Wildman–Crippen LogP) is 2.17. The largest absolute Gasteiger partial charge is 0.319 e. The van der Waals surface area contributed by atoms with Crippen LogP contribution in [0.15, 0.2) is 18.2 Å². The van der Waals surface area contributed by atoms with Crippen molar-refractivity contribution >= 4 is 5.78 Å². The van der Waals surface area contributed by atoms with Crippen LogP contribution in [0.2, 0.25) is 0 Å². The Labute approximate surface area is 89.5 Å². The first-order valence-corrected chi connectivity index (χ1v) is 5.01. The number of aryl methyl sites for hydroxylation is 1. The minimum absolute atomic E-state index is 0.0486. The summed E-state index contributed by atoms with van der Waals surface area (Å²) in [6, 6.07) is 4.48. The lowest BCUT2D eigenvalue weighted by Crippen LogP contribution is -2.23. The molecule has 15 heavy (non-hydrogen) atoms. The molecule has 0 amide bonds. The van der Waals surface area contributed by atoms with Crippen molar-refractivity contribution in [2.75, 3.05) is 13.6 Å². The molecule has 1 atom stereocenters. The van der Waals surface area contributed by atoms with Crippen LogP contribution in [0.4, 0.5) is 4.39 Å². The Morgan fingerprint density at radius 1 is 1.53 bits per heavy atom. The summed E-state index contributed by atoms with van der Waals surface area (Å²) in [5.74, 6) is -0.305. The number of benzene rings is 1. The van der Waals surface area contributed by atoms with E-state index in [-0.39, 0.29) is 17.5 Å². The molecule has 0 aliphatic heterocycles. The summed E-state index contributed by atoms with van der Waals surface area (Å²) in [5, 5.41) is 2.95. The molecular weight excluding hydrogens is 193 g/mol. The van der Waals surface area contributed by atoms with E-state index in [1.165, 1.54) is 12.1 Å². The number of halogens is 1. The zero-order valence-electron chi connectivity index (χ0n) is 9.30. The van der Waals surface area contributed by atoms with E-state index < -0.39 is 0 Å². The van der Waals surface area contributed by atoms with Crippen LogP contribution in [0, 0.1) is 18.7 Å². The third-order valence-corrected chi connectivity index (χ3v) is 2.40. The SMILES string of the molecule is CNCC(C)C(=O)c1ccc(F)c(C)c1. The summed E-state index contributed by atoms with van der Waals surface area (Å²) >= 11 is 0. The molecule has 0 aliphatic rings. The lowest BCUT2D eigenvalue weighted by atomic mass is 9.98. The van der Waals surface area contributed by atoms with Gasteiger partial charge in [-0.05, 0) is 37.7 Å². The van der Waals surface area contributed by atoms with Crippen LogP contribution in [0.1, 0.15) is 22.8 Å². The average molecular weight is 209 g/mol. The molecule has 0 radical (unpaired) electrons. The fourth-order valence-electron chi connectivity index (χ4n) is 1.48. The van der Waals surface area contributed by atoms with Crippen molar-refractivity contribution in [3.63, 3.8) is 0 Å². The summed E-state index contributed by atoms with van der Waals surface area (Å²) in [6.07, 6.45) is 0. The van der Waals surface area contributed by atoms with Gasteiger partial charge in [-0.15, -0.1) is 0 Å². The Balaban J connectivity index is 2.87. The molecule has 0 bridgehead atoms. The fourth-order valence-corrected chi connectivity index (χ4v) is 1.48. The molecule has 1 N–H and O–H groups in total. The molecule has 2 nitrogen and oxygen atoms in total. The molecule has 1 rings (SSSR count). The zero-order chi connectivity index (χ0) is 11.4. The van der Waals surface area contributed by atoms with Crippen molar-refractivity contribution in [2.24, 2.45) is 5.92 Å². The summed E-state index contributed by atoms with van der Waals surface area (Å²) in [5.41, 5.74) is 1.09. The van der Waals surface area contributed by atoms with Gasteiger partial charge < -0.3 is 5.32 Å². The number of carbonyl (C=O) groups is 1. The van der Waals surface area contributed by atoms with E-state index in [9.17, 15) is 9.18 Å². The molecule has 0 spiro atoms. The predicted molar refractivity (Wildman–Crippen MR) is 58.6 cm³/mol. The van der Waals surface area contributed by atoms with Gasteiger partial charge >= 0.3 is 0 Å². The van der Waals surface area contributed by atoms with Gasteiger partial charge in [0.2, 0.25) is 0 Å². The van der Waals surface area contributed by atoms with Crippen molar-refractivity contribution in [3.05, 3.63) is 35.1 Å². The van der Waals surface area contributed by atoms with Crippen LogP contribution in [-0.2, 0) is 0 Å². The molecule has 82 valence electrons. The monoisotopic (exact) mass is 209 g/mol. The lowest BCUT2D eigenvalue weighted by Gasteiger charge is -2.10. The van der Waals surface area contributed by atoms with E-state index in [0.717, 1.165) is 0 Å². The van der Waals surface area contributed by atoms with Crippen molar-refractivity contribution < 1.29 is 9.18 Å². The topological polar surface area (TPSA) is 29.1 Å². The lowest BCUT2D eigenvalue weighted by molar-refractivity contribution is 0.0930. The molecule has 0 saturated heterocycles. The van der Waals surface area contributed by atoms with Crippen LogP contribution in [0.3, 0.4) is 0 Å². The maximum atomic E-state index is 13.0. The van der Waals surface area contributed by atoms with Gasteiger partial charge in [0.05, 0.1) is 0 Å². The highest BCUT2D eigenvalue weighted by Crippen LogP contribution is 2.13. The molecule has 1 aromatic carbocycles. The van der Waals surface area contributed by atoms with Crippen LogP contribution in [-0.4, -0.2) is 19.4 Å². The molecule has 1 aromatic rings. The van der Waals surface area contributed by atoms with Gasteiger partial charge in [0.25, 0.3) is 0 Å². The molecule has 0 fully saturated rings. The molecule has 0 heterocycles.